The molecule has 2 heterocycles. The summed E-state index contributed by atoms with van der Waals surface area (Å²) in [4.78, 5) is 11.9. The summed E-state index contributed by atoms with van der Waals surface area (Å²) in [5.74, 6) is -0.540. The van der Waals surface area contributed by atoms with Crippen LogP contribution in [0.25, 0.3) is 0 Å². The van der Waals surface area contributed by atoms with E-state index in [1.54, 1.807) is 10.9 Å². The highest BCUT2D eigenvalue weighted by Gasteiger charge is 2.35. The molecule has 0 radical (unpaired) electrons. The van der Waals surface area contributed by atoms with Crippen LogP contribution < -0.4 is 5.32 Å². The number of alkyl halides is 3. The number of nitrogens with one attached hydrogen (secondary N) is 1. The highest BCUT2D eigenvalue weighted by Crippen LogP contribution is 2.29. The highest BCUT2D eigenvalue weighted by atomic mass is 19.4. The van der Waals surface area contributed by atoms with Crippen molar-refractivity contribution in [2.24, 2.45) is 0 Å². The first-order valence-electron chi connectivity index (χ1n) is 7.12. The van der Waals surface area contributed by atoms with Gasteiger partial charge < -0.3 is 5.32 Å². The molecule has 9 heteroatoms. The first-order chi connectivity index (χ1) is 10.7. The lowest BCUT2D eigenvalue weighted by molar-refractivity contribution is -0.144. The van der Waals surface area contributed by atoms with Gasteiger partial charge in [-0.2, -0.15) is 23.4 Å². The molecule has 1 N–H and O–H groups in total. The summed E-state index contributed by atoms with van der Waals surface area (Å²) in [5.41, 5.74) is 0.885. The molecule has 0 bridgehead atoms. The lowest BCUT2D eigenvalue weighted by atomic mass is 10.2. The Morgan fingerprint density at radius 2 is 2.00 bits per heavy atom. The van der Waals surface area contributed by atoms with E-state index in [0.717, 1.165) is 17.3 Å². The van der Waals surface area contributed by atoms with Gasteiger partial charge in [0.2, 0.25) is 5.91 Å². The van der Waals surface area contributed by atoms with E-state index in [2.05, 4.69) is 15.5 Å². The molecule has 0 aliphatic rings. The van der Waals surface area contributed by atoms with Crippen LogP contribution in [0.15, 0.2) is 12.3 Å². The van der Waals surface area contributed by atoms with E-state index in [4.69, 9.17) is 0 Å². The van der Waals surface area contributed by atoms with Gasteiger partial charge in [0.05, 0.1) is 11.4 Å². The zero-order valence-corrected chi connectivity index (χ0v) is 13.1. The van der Waals surface area contributed by atoms with Crippen molar-refractivity contribution in [3.63, 3.8) is 0 Å². The minimum Gasteiger partial charge on any atom is -0.350 e. The van der Waals surface area contributed by atoms with Crippen molar-refractivity contribution >= 4 is 5.91 Å². The molecule has 0 aliphatic carbocycles. The van der Waals surface area contributed by atoms with Crippen molar-refractivity contribution in [1.82, 2.24) is 24.9 Å². The van der Waals surface area contributed by atoms with E-state index >= 15 is 0 Å². The summed E-state index contributed by atoms with van der Waals surface area (Å²) in [6.45, 7) is 5.64. The molecule has 0 unspecified atom stereocenters. The topological polar surface area (TPSA) is 64.7 Å². The summed E-state index contributed by atoms with van der Waals surface area (Å²) in [6.07, 6.45) is -2.74. The normalized spacial score (nSPS) is 11.7. The van der Waals surface area contributed by atoms with Crippen LogP contribution in [0, 0.1) is 13.8 Å². The van der Waals surface area contributed by atoms with Crippen molar-refractivity contribution < 1.29 is 18.0 Å². The molecule has 2 aromatic rings. The van der Waals surface area contributed by atoms with E-state index in [1.165, 1.54) is 6.92 Å². The summed E-state index contributed by atoms with van der Waals surface area (Å²) in [7, 11) is 0. The molecule has 0 spiro atoms. The van der Waals surface area contributed by atoms with Crippen molar-refractivity contribution in [2.75, 3.05) is 0 Å². The Hall–Kier alpha value is -2.32. The Labute approximate surface area is 131 Å². The number of aromatic nitrogens is 4. The van der Waals surface area contributed by atoms with Crippen molar-refractivity contribution in [3.05, 3.63) is 34.9 Å². The van der Waals surface area contributed by atoms with E-state index in [0.29, 0.717) is 11.2 Å². The molecule has 0 aromatic carbocycles. The van der Waals surface area contributed by atoms with Gasteiger partial charge in [-0.3, -0.25) is 14.2 Å². The number of carbonyl (C=O) groups is 1. The Bertz CT molecular complexity index is 702. The second kappa shape index (κ2) is 6.43. The quantitative estimate of drug-likeness (QED) is 0.913. The van der Waals surface area contributed by atoms with E-state index < -0.39 is 24.3 Å². The second-order valence-electron chi connectivity index (χ2n) is 5.20. The van der Waals surface area contributed by atoms with Gasteiger partial charge in [0.15, 0.2) is 0 Å². The molecule has 6 nitrogen and oxygen atoms in total. The molecule has 0 saturated heterocycles. The van der Waals surface area contributed by atoms with Crippen molar-refractivity contribution in [2.45, 2.75) is 46.6 Å². The van der Waals surface area contributed by atoms with E-state index in [9.17, 15) is 18.0 Å². The summed E-state index contributed by atoms with van der Waals surface area (Å²) in [6, 6.07) is 0.919. The van der Waals surface area contributed by atoms with Crippen LogP contribution in [0.4, 0.5) is 13.2 Å². The lowest BCUT2D eigenvalue weighted by Crippen LogP contribution is -2.29. The lowest BCUT2D eigenvalue weighted by Gasteiger charge is -2.10. The van der Waals surface area contributed by atoms with E-state index in [1.807, 2.05) is 13.8 Å². The maximum atomic E-state index is 12.9. The number of amides is 1. The van der Waals surface area contributed by atoms with Gasteiger partial charge in [-0.15, -0.1) is 0 Å². The van der Waals surface area contributed by atoms with Gasteiger partial charge in [-0.1, -0.05) is 0 Å². The average Bonchev–Trinajstić information content (AvgIpc) is 2.99. The van der Waals surface area contributed by atoms with Gasteiger partial charge >= 0.3 is 6.18 Å². The van der Waals surface area contributed by atoms with Crippen LogP contribution in [0.3, 0.4) is 0 Å². The van der Waals surface area contributed by atoms with Crippen LogP contribution in [0.2, 0.25) is 0 Å². The Balaban J connectivity index is 2.01. The monoisotopic (exact) mass is 329 g/mol. The number of nitrogens with zero attached hydrogens (tertiary/aromatic N) is 4. The number of hydrogen-bond acceptors (Lipinski definition) is 3. The van der Waals surface area contributed by atoms with Crippen LogP contribution in [0.1, 0.15) is 29.6 Å². The molecule has 0 saturated carbocycles. The van der Waals surface area contributed by atoms with Crippen molar-refractivity contribution in [3.8, 4) is 0 Å². The third-order valence-electron chi connectivity index (χ3n) is 3.33. The average molecular weight is 329 g/mol. The number of hydrogen-bond donors (Lipinski definition) is 1. The predicted molar refractivity (Wildman–Crippen MR) is 76.5 cm³/mol. The highest BCUT2D eigenvalue weighted by molar-refractivity contribution is 5.75. The summed E-state index contributed by atoms with van der Waals surface area (Å²) in [5, 5.41) is 10.6. The molecule has 0 fully saturated rings. The third kappa shape index (κ3) is 4.11. The van der Waals surface area contributed by atoms with Gasteiger partial charge in [-0.25, -0.2) is 0 Å². The Morgan fingerprint density at radius 3 is 2.57 bits per heavy atom. The van der Waals surface area contributed by atoms with Crippen LogP contribution in [-0.2, 0) is 30.6 Å². The molecule has 1 amide bonds. The zero-order chi connectivity index (χ0) is 17.2. The first kappa shape index (κ1) is 17.0. The fourth-order valence-electron chi connectivity index (χ4n) is 2.17. The smallest absolute Gasteiger partial charge is 0.350 e. The Morgan fingerprint density at radius 1 is 1.30 bits per heavy atom. The standard InChI is InChI=1S/C14H18F3N5O/c1-4-21-7-11(10(3)20-21)6-18-13(23)8-22-12(14(15,16)17)5-9(2)19-22/h5,7H,4,6,8H2,1-3H3,(H,18,23). The predicted octanol–water partition coefficient (Wildman–Crippen LogP) is 2.05. The second-order valence-corrected chi connectivity index (χ2v) is 5.20. The van der Waals surface area contributed by atoms with Crippen molar-refractivity contribution in [1.29, 1.82) is 0 Å². The molecule has 126 valence electrons. The van der Waals surface area contributed by atoms with Gasteiger partial charge in [0.1, 0.15) is 12.2 Å². The SMILES string of the molecule is CCn1cc(CNC(=O)Cn2nc(C)cc2C(F)(F)F)c(C)n1. The van der Waals surface area contributed by atoms with Gasteiger partial charge in [-0.05, 0) is 26.8 Å². The molecule has 2 aromatic heterocycles. The summed E-state index contributed by atoms with van der Waals surface area (Å²) >= 11 is 0. The van der Waals surface area contributed by atoms with Crippen LogP contribution >= 0.6 is 0 Å². The molecule has 0 atom stereocenters. The summed E-state index contributed by atoms with van der Waals surface area (Å²) < 4.78 is 41.0. The molecule has 2 rings (SSSR count). The van der Waals surface area contributed by atoms with Crippen LogP contribution in [0.5, 0.6) is 0 Å². The Kier molecular flexibility index (Phi) is 4.76. The van der Waals surface area contributed by atoms with E-state index in [-0.39, 0.29) is 12.2 Å². The number of halogens is 3. The minimum atomic E-state index is -4.54. The largest absolute Gasteiger partial charge is 0.433 e. The zero-order valence-electron chi connectivity index (χ0n) is 13.1. The van der Waals surface area contributed by atoms with Gasteiger partial charge in [0.25, 0.3) is 0 Å². The number of rotatable bonds is 5. The first-order valence-corrected chi connectivity index (χ1v) is 7.12. The number of carbonyl (C=O) groups excluding carboxylic acids is 1. The number of aryl methyl sites for hydroxylation is 3. The fourth-order valence-corrected chi connectivity index (χ4v) is 2.17. The third-order valence-corrected chi connectivity index (χ3v) is 3.33. The maximum absolute atomic E-state index is 12.9. The molecule has 23 heavy (non-hydrogen) atoms. The van der Waals surface area contributed by atoms with Crippen LogP contribution in [-0.4, -0.2) is 25.5 Å². The molecule has 0 aliphatic heterocycles. The molecular formula is C14H18F3N5O. The minimum absolute atomic E-state index is 0.213. The molecular weight excluding hydrogens is 311 g/mol. The van der Waals surface area contributed by atoms with Gasteiger partial charge in [0, 0.05) is 24.8 Å². The fraction of sp³-hybridized carbons (Fsp3) is 0.500. The maximum Gasteiger partial charge on any atom is 0.433 e.